The summed E-state index contributed by atoms with van der Waals surface area (Å²) in [5, 5.41) is 0. The van der Waals surface area contributed by atoms with Crippen LogP contribution in [0.3, 0.4) is 0 Å². The molecule has 6 nitrogen and oxygen atoms in total. The van der Waals surface area contributed by atoms with Crippen LogP contribution in [-0.4, -0.2) is 37.2 Å². The van der Waals surface area contributed by atoms with Crippen molar-refractivity contribution in [2.24, 2.45) is 29.2 Å². The Kier molecular flexibility index (Phi) is 5.59. The molecule has 0 aromatic rings. The minimum absolute atomic E-state index is 0.0949. The van der Waals surface area contributed by atoms with Gasteiger partial charge in [-0.3, -0.25) is 9.59 Å². The van der Waals surface area contributed by atoms with Gasteiger partial charge in [-0.1, -0.05) is 12.2 Å². The molecule has 3 rings (SSSR count). The third kappa shape index (κ3) is 4.30. The molecule has 138 valence electrons. The van der Waals surface area contributed by atoms with E-state index in [0.29, 0.717) is 5.92 Å². The van der Waals surface area contributed by atoms with Crippen LogP contribution in [0.2, 0.25) is 0 Å². The average Bonchev–Trinajstić information content (AvgIpc) is 3.16. The summed E-state index contributed by atoms with van der Waals surface area (Å²) < 4.78 is 11.9. The van der Waals surface area contributed by atoms with E-state index >= 15 is 0 Å². The van der Waals surface area contributed by atoms with Gasteiger partial charge in [-0.15, -0.1) is 0 Å². The van der Waals surface area contributed by atoms with Crippen LogP contribution >= 0.6 is 0 Å². The number of rotatable bonds is 8. The minimum Gasteiger partial charge on any atom is -0.374 e. The fourth-order valence-electron chi connectivity index (χ4n) is 4.61. The first kappa shape index (κ1) is 18.1. The van der Waals surface area contributed by atoms with Crippen LogP contribution in [0.15, 0.2) is 23.8 Å². The highest BCUT2D eigenvalue weighted by Gasteiger charge is 2.42. The van der Waals surface area contributed by atoms with Crippen LogP contribution in [0.25, 0.3) is 0 Å². The zero-order valence-corrected chi connectivity index (χ0v) is 14.7. The molecular weight excluding hydrogens is 320 g/mol. The largest absolute Gasteiger partial charge is 0.374 e. The molecule has 25 heavy (non-hydrogen) atoms. The van der Waals surface area contributed by atoms with Crippen LogP contribution in [0.1, 0.15) is 38.5 Å². The second-order valence-electron chi connectivity index (χ2n) is 7.58. The molecule has 2 saturated carbocycles. The number of amides is 2. The van der Waals surface area contributed by atoms with E-state index in [2.05, 4.69) is 0 Å². The van der Waals surface area contributed by atoms with Crippen LogP contribution in [0.5, 0.6) is 0 Å². The van der Waals surface area contributed by atoms with Gasteiger partial charge in [-0.05, 0) is 49.2 Å². The Bertz CT molecular complexity index is 570. The summed E-state index contributed by atoms with van der Waals surface area (Å²) in [5.74, 6) is 0.253. The van der Waals surface area contributed by atoms with Gasteiger partial charge in [0.05, 0.1) is 6.10 Å². The fraction of sp³-hybridized carbons (Fsp3) is 0.684. The lowest BCUT2D eigenvalue weighted by molar-refractivity contribution is -0.120. The number of methoxy groups -OCH3 is 1. The molecule has 6 heteroatoms. The van der Waals surface area contributed by atoms with Crippen molar-refractivity contribution in [3.05, 3.63) is 23.8 Å². The molecule has 0 heterocycles. The summed E-state index contributed by atoms with van der Waals surface area (Å²) in [7, 11) is 1.66. The monoisotopic (exact) mass is 348 g/mol. The quantitative estimate of drug-likeness (QED) is 0.692. The van der Waals surface area contributed by atoms with E-state index in [1.165, 1.54) is 19.3 Å². The summed E-state index contributed by atoms with van der Waals surface area (Å²) in [4.78, 5) is 22.7. The van der Waals surface area contributed by atoms with Crippen molar-refractivity contribution in [3.63, 3.8) is 0 Å². The SMILES string of the molecule is COC1C=CC(C(CC(N)=O)CC(N)=O)=CC1O[C@@H]1CC2CCC1C2. The molecule has 2 fully saturated rings. The smallest absolute Gasteiger partial charge is 0.218 e. The maximum atomic E-state index is 11.4. The van der Waals surface area contributed by atoms with Crippen molar-refractivity contribution in [1.82, 2.24) is 0 Å². The van der Waals surface area contributed by atoms with E-state index in [1.807, 2.05) is 18.2 Å². The Hall–Kier alpha value is -1.66. The highest BCUT2D eigenvalue weighted by molar-refractivity contribution is 5.78. The van der Waals surface area contributed by atoms with Gasteiger partial charge in [0.1, 0.15) is 12.2 Å². The first-order chi connectivity index (χ1) is 12.0. The maximum Gasteiger partial charge on any atom is 0.218 e. The minimum atomic E-state index is -0.444. The lowest BCUT2D eigenvalue weighted by Crippen LogP contribution is -2.36. The Morgan fingerprint density at radius 1 is 1.16 bits per heavy atom. The summed E-state index contributed by atoms with van der Waals surface area (Å²) in [6.07, 6.45) is 10.9. The Morgan fingerprint density at radius 2 is 1.88 bits per heavy atom. The zero-order valence-electron chi connectivity index (χ0n) is 14.7. The van der Waals surface area contributed by atoms with Crippen LogP contribution in [0.4, 0.5) is 0 Å². The topological polar surface area (TPSA) is 105 Å². The predicted octanol–water partition coefficient (Wildman–Crippen LogP) is 1.44. The highest BCUT2D eigenvalue weighted by Crippen LogP contribution is 2.46. The van der Waals surface area contributed by atoms with Crippen molar-refractivity contribution >= 4 is 11.8 Å². The van der Waals surface area contributed by atoms with Crippen molar-refractivity contribution in [2.75, 3.05) is 7.11 Å². The molecule has 5 atom stereocenters. The molecular formula is C19H28N2O4. The van der Waals surface area contributed by atoms with E-state index in [1.54, 1.807) is 7.11 Å². The first-order valence-corrected chi connectivity index (χ1v) is 9.11. The highest BCUT2D eigenvalue weighted by atomic mass is 16.5. The van der Waals surface area contributed by atoms with Gasteiger partial charge in [-0.2, -0.15) is 0 Å². The summed E-state index contributed by atoms with van der Waals surface area (Å²) in [6.45, 7) is 0. The molecule has 0 aromatic heterocycles. The van der Waals surface area contributed by atoms with E-state index in [9.17, 15) is 9.59 Å². The van der Waals surface area contributed by atoms with Gasteiger partial charge in [0.2, 0.25) is 11.8 Å². The molecule has 0 saturated heterocycles. The molecule has 0 radical (unpaired) electrons. The molecule has 3 aliphatic rings. The zero-order chi connectivity index (χ0) is 18.0. The summed E-state index contributed by atoms with van der Waals surface area (Å²) in [6, 6.07) is 0. The molecule has 0 spiro atoms. The molecule has 0 aliphatic heterocycles. The molecule has 4 N–H and O–H groups in total. The van der Waals surface area contributed by atoms with Gasteiger partial charge < -0.3 is 20.9 Å². The first-order valence-electron chi connectivity index (χ1n) is 9.11. The average molecular weight is 348 g/mol. The molecule has 0 aromatic carbocycles. The lowest BCUT2D eigenvalue weighted by Gasteiger charge is -2.32. The maximum absolute atomic E-state index is 11.4. The fourth-order valence-corrected chi connectivity index (χ4v) is 4.61. The van der Waals surface area contributed by atoms with Crippen molar-refractivity contribution in [2.45, 2.75) is 56.8 Å². The molecule has 2 amide bonds. The Morgan fingerprint density at radius 3 is 2.40 bits per heavy atom. The lowest BCUT2D eigenvalue weighted by atomic mass is 9.86. The van der Waals surface area contributed by atoms with E-state index < -0.39 is 11.8 Å². The Balaban J connectivity index is 1.73. The van der Waals surface area contributed by atoms with E-state index in [0.717, 1.165) is 17.9 Å². The standard InChI is InChI=1S/C19H28N2O4/c1-24-15-5-4-12(14(9-18(20)22)10-19(21)23)8-17(15)25-16-7-11-2-3-13(16)6-11/h4-5,8,11,13-17H,2-3,6-7,9-10H2,1H3,(H2,20,22)(H2,21,23)/t11?,13?,15?,16-,17?/m1/s1. The third-order valence-corrected chi connectivity index (χ3v) is 5.80. The van der Waals surface area contributed by atoms with Crippen LogP contribution < -0.4 is 11.5 Å². The van der Waals surface area contributed by atoms with E-state index in [4.69, 9.17) is 20.9 Å². The second-order valence-corrected chi connectivity index (χ2v) is 7.58. The molecule has 4 unspecified atom stereocenters. The summed E-state index contributed by atoms with van der Waals surface area (Å²) >= 11 is 0. The number of hydrogen-bond acceptors (Lipinski definition) is 4. The van der Waals surface area contributed by atoms with Crippen molar-refractivity contribution in [1.29, 1.82) is 0 Å². The van der Waals surface area contributed by atoms with Crippen molar-refractivity contribution in [3.8, 4) is 0 Å². The summed E-state index contributed by atoms with van der Waals surface area (Å²) in [5.41, 5.74) is 11.6. The van der Waals surface area contributed by atoms with Crippen LogP contribution in [0, 0.1) is 17.8 Å². The number of carbonyl (C=O) groups is 2. The number of carbonyl (C=O) groups excluding carboxylic acids is 2. The van der Waals surface area contributed by atoms with E-state index in [-0.39, 0.29) is 37.1 Å². The number of allylic oxidation sites excluding steroid dienone is 2. The van der Waals surface area contributed by atoms with Crippen molar-refractivity contribution < 1.29 is 19.1 Å². The normalized spacial score (nSPS) is 33.7. The number of nitrogens with two attached hydrogens (primary N) is 2. The Labute approximate surface area is 148 Å². The molecule has 3 aliphatic carbocycles. The van der Waals surface area contributed by atoms with Crippen LogP contribution in [-0.2, 0) is 19.1 Å². The second kappa shape index (κ2) is 7.70. The molecule has 2 bridgehead atoms. The number of hydrogen-bond donors (Lipinski definition) is 2. The third-order valence-electron chi connectivity index (χ3n) is 5.80. The number of ether oxygens (including phenoxy) is 2. The van der Waals surface area contributed by atoms with Gasteiger partial charge in [0.15, 0.2) is 0 Å². The number of fused-ring (bicyclic) bond motifs is 2. The van der Waals surface area contributed by atoms with Gasteiger partial charge in [0, 0.05) is 25.9 Å². The van der Waals surface area contributed by atoms with Gasteiger partial charge in [0.25, 0.3) is 0 Å². The van der Waals surface area contributed by atoms with Gasteiger partial charge >= 0.3 is 0 Å². The number of primary amides is 2. The van der Waals surface area contributed by atoms with Gasteiger partial charge in [-0.25, -0.2) is 0 Å². The predicted molar refractivity (Wildman–Crippen MR) is 93.2 cm³/mol.